The molecule has 0 aliphatic rings. The third kappa shape index (κ3) is 2.65. The first-order valence-electron chi connectivity index (χ1n) is 6.10. The van der Waals surface area contributed by atoms with Crippen LogP contribution in [0, 0.1) is 5.21 Å². The number of ether oxygens (including phenoxy) is 1. The number of aromatic nitrogens is 1. The van der Waals surface area contributed by atoms with Crippen molar-refractivity contribution in [3.63, 3.8) is 0 Å². The van der Waals surface area contributed by atoms with Crippen molar-refractivity contribution in [2.75, 3.05) is 0 Å². The molecule has 0 unspecified atom stereocenters. The minimum Gasteiger partial charge on any atom is -0.619 e. The maximum absolute atomic E-state index is 11.2. The van der Waals surface area contributed by atoms with Crippen LogP contribution in [0.2, 0.25) is 0 Å². The zero-order chi connectivity index (χ0) is 13.1. The van der Waals surface area contributed by atoms with E-state index in [1.807, 2.05) is 48.5 Å². The number of hydrogen-bond acceptors (Lipinski definition) is 2. The average molecular weight is 251 g/mol. The van der Waals surface area contributed by atoms with Gasteiger partial charge in [0.25, 0.3) is 0 Å². The topological polar surface area (TPSA) is 36.2 Å². The van der Waals surface area contributed by atoms with Crippen LogP contribution in [0.4, 0.5) is 0 Å². The van der Waals surface area contributed by atoms with Gasteiger partial charge in [0.1, 0.15) is 12.4 Å². The first-order chi connectivity index (χ1) is 9.31. The van der Waals surface area contributed by atoms with E-state index in [4.69, 9.17) is 4.74 Å². The summed E-state index contributed by atoms with van der Waals surface area (Å²) in [6.45, 7) is 0.524. The second kappa shape index (κ2) is 4.98. The van der Waals surface area contributed by atoms with Gasteiger partial charge in [-0.25, -0.2) is 0 Å². The molecule has 1 heterocycles. The Morgan fingerprint density at radius 2 is 1.79 bits per heavy atom. The maximum Gasteiger partial charge on any atom is 0.188 e. The van der Waals surface area contributed by atoms with Crippen molar-refractivity contribution in [3.8, 4) is 5.75 Å². The Balaban J connectivity index is 1.81. The zero-order valence-electron chi connectivity index (χ0n) is 10.3. The fourth-order valence-electron chi connectivity index (χ4n) is 1.98. The average Bonchev–Trinajstić information content (AvgIpc) is 2.46. The standard InChI is InChI=1S/C16H13NO2/c18-17-9-8-14-6-7-16(10-15(14)11-17)19-12-13-4-2-1-3-5-13/h1-11H,12H2. The number of rotatable bonds is 3. The lowest BCUT2D eigenvalue weighted by Gasteiger charge is -2.07. The van der Waals surface area contributed by atoms with Gasteiger partial charge in [-0.05, 0) is 23.1 Å². The van der Waals surface area contributed by atoms with E-state index in [0.717, 1.165) is 26.8 Å². The Morgan fingerprint density at radius 1 is 0.947 bits per heavy atom. The van der Waals surface area contributed by atoms with Gasteiger partial charge >= 0.3 is 0 Å². The molecular formula is C16H13NO2. The number of benzene rings is 2. The number of pyridine rings is 1. The van der Waals surface area contributed by atoms with Crippen LogP contribution >= 0.6 is 0 Å². The summed E-state index contributed by atoms with van der Waals surface area (Å²) in [5.41, 5.74) is 1.12. The van der Waals surface area contributed by atoms with E-state index in [0.29, 0.717) is 6.61 Å². The Bertz CT molecular complexity index is 695. The molecule has 0 bridgehead atoms. The maximum atomic E-state index is 11.2. The summed E-state index contributed by atoms with van der Waals surface area (Å²) in [7, 11) is 0. The number of hydrogen-bond donors (Lipinski definition) is 0. The summed E-state index contributed by atoms with van der Waals surface area (Å²) >= 11 is 0. The first-order valence-corrected chi connectivity index (χ1v) is 6.10. The predicted molar refractivity (Wildman–Crippen MR) is 73.7 cm³/mol. The van der Waals surface area contributed by atoms with Gasteiger partial charge in [-0.3, -0.25) is 0 Å². The van der Waals surface area contributed by atoms with Crippen molar-refractivity contribution in [1.82, 2.24) is 0 Å². The molecule has 2 aromatic carbocycles. The fraction of sp³-hybridized carbons (Fsp3) is 0.0625. The first kappa shape index (κ1) is 11.5. The molecule has 0 saturated carbocycles. The van der Waals surface area contributed by atoms with Gasteiger partial charge in [0.2, 0.25) is 0 Å². The summed E-state index contributed by atoms with van der Waals surface area (Å²) in [6, 6.07) is 17.5. The summed E-state index contributed by atoms with van der Waals surface area (Å²) in [5.74, 6) is 0.766. The van der Waals surface area contributed by atoms with Gasteiger partial charge in [0.05, 0.1) is 5.39 Å². The van der Waals surface area contributed by atoms with Crippen LogP contribution in [-0.2, 0) is 6.61 Å². The van der Waals surface area contributed by atoms with Gasteiger partial charge in [-0.15, -0.1) is 0 Å². The van der Waals surface area contributed by atoms with Crippen LogP contribution in [0.1, 0.15) is 5.56 Å². The smallest absolute Gasteiger partial charge is 0.188 e. The fourth-order valence-corrected chi connectivity index (χ4v) is 1.98. The molecule has 0 fully saturated rings. The Kier molecular flexibility index (Phi) is 3.02. The van der Waals surface area contributed by atoms with Crippen LogP contribution in [0.25, 0.3) is 10.8 Å². The van der Waals surface area contributed by atoms with Gasteiger partial charge < -0.3 is 9.94 Å². The highest BCUT2D eigenvalue weighted by molar-refractivity contribution is 5.82. The number of nitrogens with zero attached hydrogens (tertiary/aromatic N) is 1. The van der Waals surface area contributed by atoms with Gasteiger partial charge in [0.15, 0.2) is 12.4 Å². The van der Waals surface area contributed by atoms with Crippen LogP contribution in [0.3, 0.4) is 0 Å². The molecule has 94 valence electrons. The van der Waals surface area contributed by atoms with E-state index >= 15 is 0 Å². The number of fused-ring (bicyclic) bond motifs is 1. The van der Waals surface area contributed by atoms with Crippen LogP contribution < -0.4 is 9.47 Å². The molecule has 0 atom stereocenters. The summed E-state index contributed by atoms with van der Waals surface area (Å²) in [6.07, 6.45) is 3.04. The Hall–Kier alpha value is -2.55. The van der Waals surface area contributed by atoms with Crippen LogP contribution in [0.15, 0.2) is 67.0 Å². The highest BCUT2D eigenvalue weighted by Gasteiger charge is 2.01. The van der Waals surface area contributed by atoms with Crippen LogP contribution in [-0.4, -0.2) is 0 Å². The summed E-state index contributed by atoms with van der Waals surface area (Å²) in [4.78, 5) is 0. The molecule has 0 saturated heterocycles. The molecule has 0 aliphatic carbocycles. The highest BCUT2D eigenvalue weighted by Crippen LogP contribution is 2.20. The van der Waals surface area contributed by atoms with Crippen LogP contribution in [0.5, 0.6) is 5.75 Å². The summed E-state index contributed by atoms with van der Waals surface area (Å²) in [5, 5.41) is 13.2. The minimum absolute atomic E-state index is 0.524. The molecule has 3 nitrogen and oxygen atoms in total. The normalized spacial score (nSPS) is 10.5. The van der Waals surface area contributed by atoms with Crippen molar-refractivity contribution in [2.24, 2.45) is 0 Å². The molecule has 3 heteroatoms. The largest absolute Gasteiger partial charge is 0.619 e. The predicted octanol–water partition coefficient (Wildman–Crippen LogP) is 3.05. The van der Waals surface area contributed by atoms with Gasteiger partial charge in [-0.1, -0.05) is 36.4 Å². The zero-order valence-corrected chi connectivity index (χ0v) is 10.3. The molecule has 0 spiro atoms. The second-order valence-corrected chi connectivity index (χ2v) is 4.37. The van der Waals surface area contributed by atoms with Crippen molar-refractivity contribution in [2.45, 2.75) is 6.61 Å². The lowest BCUT2D eigenvalue weighted by Crippen LogP contribution is -2.23. The van der Waals surface area contributed by atoms with E-state index in [-0.39, 0.29) is 0 Å². The second-order valence-electron chi connectivity index (χ2n) is 4.37. The van der Waals surface area contributed by atoms with Crippen molar-refractivity contribution in [3.05, 3.63) is 77.8 Å². The minimum atomic E-state index is 0.524. The Morgan fingerprint density at radius 3 is 2.63 bits per heavy atom. The molecule has 3 aromatic rings. The molecule has 0 amide bonds. The highest BCUT2D eigenvalue weighted by atomic mass is 16.5. The van der Waals surface area contributed by atoms with Crippen molar-refractivity contribution < 1.29 is 9.47 Å². The quantitative estimate of drug-likeness (QED) is 0.530. The molecule has 0 radical (unpaired) electrons. The molecule has 0 aliphatic heterocycles. The lowest BCUT2D eigenvalue weighted by molar-refractivity contribution is -0.603. The molecule has 0 N–H and O–H groups in total. The summed E-state index contributed by atoms with van der Waals surface area (Å²) < 4.78 is 6.52. The van der Waals surface area contributed by atoms with E-state index in [2.05, 4.69) is 0 Å². The molecule has 3 rings (SSSR count). The third-order valence-corrected chi connectivity index (χ3v) is 2.97. The lowest BCUT2D eigenvalue weighted by atomic mass is 10.2. The molecule has 19 heavy (non-hydrogen) atoms. The van der Waals surface area contributed by atoms with Crippen molar-refractivity contribution >= 4 is 10.8 Å². The van der Waals surface area contributed by atoms with E-state index in [1.54, 1.807) is 12.3 Å². The van der Waals surface area contributed by atoms with Crippen molar-refractivity contribution in [1.29, 1.82) is 0 Å². The Labute approximate surface area is 111 Å². The third-order valence-electron chi connectivity index (χ3n) is 2.97. The monoisotopic (exact) mass is 251 g/mol. The van der Waals surface area contributed by atoms with Gasteiger partial charge in [-0.2, -0.15) is 4.73 Å². The SMILES string of the molecule is [O-][n+]1ccc2ccc(OCc3ccccc3)cc2c1. The van der Waals surface area contributed by atoms with Gasteiger partial charge in [0, 0.05) is 6.07 Å². The van der Waals surface area contributed by atoms with E-state index < -0.39 is 0 Å². The molecular weight excluding hydrogens is 238 g/mol. The molecule has 1 aromatic heterocycles. The van der Waals surface area contributed by atoms with E-state index in [1.165, 1.54) is 6.20 Å². The van der Waals surface area contributed by atoms with E-state index in [9.17, 15) is 5.21 Å².